The molecule has 2 N–H and O–H groups in total. The largest absolute Gasteiger partial charge is 0.361 e. The van der Waals surface area contributed by atoms with Gasteiger partial charge < -0.3 is 10.3 Å². The predicted molar refractivity (Wildman–Crippen MR) is 45.7 cm³/mol. The summed E-state index contributed by atoms with van der Waals surface area (Å²) in [7, 11) is 0. The van der Waals surface area contributed by atoms with E-state index >= 15 is 0 Å². The maximum absolute atomic E-state index is 5.97. The van der Waals surface area contributed by atoms with E-state index in [1.807, 2.05) is 0 Å². The van der Waals surface area contributed by atoms with E-state index in [0.29, 0.717) is 0 Å². The maximum Gasteiger partial charge on any atom is 0.141 e. The molecule has 1 aromatic heterocycles. The molecule has 0 saturated carbocycles. The highest BCUT2D eigenvalue weighted by atomic mass is 16.5. The first-order valence-corrected chi connectivity index (χ1v) is 4.55. The summed E-state index contributed by atoms with van der Waals surface area (Å²) in [5.74, 6) is 1.02. The van der Waals surface area contributed by atoms with Gasteiger partial charge in [-0.05, 0) is 19.3 Å². The Balaban J connectivity index is 2.43. The Labute approximate surface area is 71.9 Å². The molecular weight excluding hydrogens is 152 g/mol. The van der Waals surface area contributed by atoms with E-state index in [4.69, 9.17) is 10.3 Å². The number of hydrogen-bond acceptors (Lipinski definition) is 3. The van der Waals surface area contributed by atoms with Gasteiger partial charge in [-0.3, -0.25) is 0 Å². The van der Waals surface area contributed by atoms with Crippen molar-refractivity contribution in [2.45, 2.75) is 38.6 Å². The Morgan fingerprint density at radius 2 is 2.50 bits per heavy atom. The standard InChI is InChI=1S/C9H14N2O/c1-2-7-9-6(10)4-3-5-8(9)12-11-7/h6H,2-5,10H2,1H3. The number of aromatic nitrogens is 1. The minimum Gasteiger partial charge on any atom is -0.361 e. The van der Waals surface area contributed by atoms with E-state index in [1.165, 1.54) is 5.56 Å². The Bertz CT molecular complexity index is 267. The van der Waals surface area contributed by atoms with Crippen LogP contribution in [0.5, 0.6) is 0 Å². The van der Waals surface area contributed by atoms with Gasteiger partial charge in [0.15, 0.2) is 0 Å². The van der Waals surface area contributed by atoms with Crippen molar-refractivity contribution in [1.82, 2.24) is 5.16 Å². The topological polar surface area (TPSA) is 52.0 Å². The Morgan fingerprint density at radius 1 is 1.67 bits per heavy atom. The lowest BCUT2D eigenvalue weighted by molar-refractivity contribution is 0.362. The van der Waals surface area contributed by atoms with Crippen LogP contribution in [0.3, 0.4) is 0 Å². The number of rotatable bonds is 1. The lowest BCUT2D eigenvalue weighted by atomic mass is 9.92. The molecule has 1 atom stereocenters. The summed E-state index contributed by atoms with van der Waals surface area (Å²) in [4.78, 5) is 0. The van der Waals surface area contributed by atoms with Crippen LogP contribution in [-0.4, -0.2) is 5.16 Å². The number of nitrogens with two attached hydrogens (primary N) is 1. The molecular formula is C9H14N2O. The molecule has 66 valence electrons. The first kappa shape index (κ1) is 7.80. The summed E-state index contributed by atoms with van der Waals surface area (Å²) in [6.45, 7) is 2.08. The fourth-order valence-corrected chi connectivity index (χ4v) is 1.85. The van der Waals surface area contributed by atoms with Crippen molar-refractivity contribution < 1.29 is 4.52 Å². The number of nitrogens with zero attached hydrogens (tertiary/aromatic N) is 1. The van der Waals surface area contributed by atoms with Gasteiger partial charge in [-0.15, -0.1) is 0 Å². The molecule has 1 aliphatic carbocycles. The van der Waals surface area contributed by atoms with Crippen LogP contribution >= 0.6 is 0 Å². The van der Waals surface area contributed by atoms with E-state index in [0.717, 1.165) is 37.1 Å². The average molecular weight is 166 g/mol. The van der Waals surface area contributed by atoms with Crippen LogP contribution < -0.4 is 5.73 Å². The second-order valence-corrected chi connectivity index (χ2v) is 3.32. The molecule has 1 aliphatic rings. The van der Waals surface area contributed by atoms with Crippen LogP contribution in [0.2, 0.25) is 0 Å². The van der Waals surface area contributed by atoms with Gasteiger partial charge in [0.2, 0.25) is 0 Å². The van der Waals surface area contributed by atoms with Gasteiger partial charge in [0.05, 0.1) is 5.69 Å². The smallest absolute Gasteiger partial charge is 0.141 e. The van der Waals surface area contributed by atoms with Gasteiger partial charge in [-0.2, -0.15) is 0 Å². The van der Waals surface area contributed by atoms with Crippen LogP contribution in [0.25, 0.3) is 0 Å². The minimum atomic E-state index is 0.162. The van der Waals surface area contributed by atoms with E-state index in [-0.39, 0.29) is 6.04 Å². The SMILES string of the molecule is CCc1noc2c1C(N)CCC2. The Hall–Kier alpha value is -0.830. The van der Waals surface area contributed by atoms with Crippen molar-refractivity contribution in [2.75, 3.05) is 0 Å². The molecule has 1 heterocycles. The van der Waals surface area contributed by atoms with Gasteiger partial charge in [-0.25, -0.2) is 0 Å². The highest BCUT2D eigenvalue weighted by Gasteiger charge is 2.24. The molecule has 0 bridgehead atoms. The molecule has 1 aromatic rings. The third-order valence-corrected chi connectivity index (χ3v) is 2.50. The van der Waals surface area contributed by atoms with Crippen molar-refractivity contribution in [3.8, 4) is 0 Å². The molecule has 0 amide bonds. The summed E-state index contributed by atoms with van der Waals surface area (Å²) in [6, 6.07) is 0.162. The lowest BCUT2D eigenvalue weighted by Gasteiger charge is -2.16. The van der Waals surface area contributed by atoms with E-state index in [2.05, 4.69) is 12.1 Å². The summed E-state index contributed by atoms with van der Waals surface area (Å²) >= 11 is 0. The molecule has 3 nitrogen and oxygen atoms in total. The number of fused-ring (bicyclic) bond motifs is 1. The van der Waals surface area contributed by atoms with Gasteiger partial charge >= 0.3 is 0 Å². The minimum absolute atomic E-state index is 0.162. The van der Waals surface area contributed by atoms with Crippen molar-refractivity contribution in [3.05, 3.63) is 17.0 Å². The second-order valence-electron chi connectivity index (χ2n) is 3.32. The van der Waals surface area contributed by atoms with Crippen LogP contribution in [0.15, 0.2) is 4.52 Å². The highest BCUT2D eigenvalue weighted by Crippen LogP contribution is 2.30. The molecule has 3 heteroatoms. The second kappa shape index (κ2) is 2.90. The Morgan fingerprint density at radius 3 is 3.25 bits per heavy atom. The van der Waals surface area contributed by atoms with E-state index < -0.39 is 0 Å². The highest BCUT2D eigenvalue weighted by molar-refractivity contribution is 5.28. The zero-order chi connectivity index (χ0) is 8.55. The van der Waals surface area contributed by atoms with Crippen LogP contribution in [0.1, 0.15) is 42.8 Å². The van der Waals surface area contributed by atoms with Crippen LogP contribution in [-0.2, 0) is 12.8 Å². The summed E-state index contributed by atoms with van der Waals surface area (Å²) < 4.78 is 5.22. The number of aryl methyl sites for hydroxylation is 2. The lowest BCUT2D eigenvalue weighted by Crippen LogP contribution is -2.17. The fourth-order valence-electron chi connectivity index (χ4n) is 1.85. The molecule has 0 saturated heterocycles. The molecule has 1 unspecified atom stereocenters. The predicted octanol–water partition coefficient (Wildman–Crippen LogP) is 1.57. The monoisotopic (exact) mass is 166 g/mol. The van der Waals surface area contributed by atoms with Gasteiger partial charge in [0.25, 0.3) is 0 Å². The number of hydrogen-bond donors (Lipinski definition) is 1. The zero-order valence-corrected chi connectivity index (χ0v) is 7.34. The fraction of sp³-hybridized carbons (Fsp3) is 0.667. The van der Waals surface area contributed by atoms with E-state index in [9.17, 15) is 0 Å². The van der Waals surface area contributed by atoms with Crippen molar-refractivity contribution in [3.63, 3.8) is 0 Å². The molecule has 0 spiro atoms. The molecule has 12 heavy (non-hydrogen) atoms. The molecule has 2 rings (SSSR count). The van der Waals surface area contributed by atoms with Crippen LogP contribution in [0.4, 0.5) is 0 Å². The average Bonchev–Trinajstić information content (AvgIpc) is 2.49. The first-order chi connectivity index (χ1) is 5.83. The van der Waals surface area contributed by atoms with Crippen molar-refractivity contribution >= 4 is 0 Å². The summed E-state index contributed by atoms with van der Waals surface area (Å²) in [5.41, 5.74) is 8.20. The van der Waals surface area contributed by atoms with Gasteiger partial charge in [0, 0.05) is 18.0 Å². The first-order valence-electron chi connectivity index (χ1n) is 4.55. The van der Waals surface area contributed by atoms with Crippen LogP contribution in [0, 0.1) is 0 Å². The molecule has 0 aromatic carbocycles. The summed E-state index contributed by atoms with van der Waals surface area (Å²) in [6.07, 6.45) is 4.14. The summed E-state index contributed by atoms with van der Waals surface area (Å²) in [5, 5.41) is 4.01. The van der Waals surface area contributed by atoms with Gasteiger partial charge in [-0.1, -0.05) is 12.1 Å². The zero-order valence-electron chi connectivity index (χ0n) is 7.34. The molecule has 0 fully saturated rings. The van der Waals surface area contributed by atoms with E-state index in [1.54, 1.807) is 0 Å². The normalized spacial score (nSPS) is 22.3. The third kappa shape index (κ3) is 1.05. The molecule has 0 radical (unpaired) electrons. The van der Waals surface area contributed by atoms with Crippen molar-refractivity contribution in [1.29, 1.82) is 0 Å². The molecule has 0 aliphatic heterocycles. The Kier molecular flexibility index (Phi) is 1.89. The maximum atomic E-state index is 5.97. The third-order valence-electron chi connectivity index (χ3n) is 2.50. The van der Waals surface area contributed by atoms with Gasteiger partial charge in [0.1, 0.15) is 5.76 Å². The van der Waals surface area contributed by atoms with Crippen molar-refractivity contribution in [2.24, 2.45) is 5.73 Å². The quantitative estimate of drug-likeness (QED) is 0.689.